The number of carbonyl (C=O) groups excluding carboxylic acids is 2. The highest BCUT2D eigenvalue weighted by molar-refractivity contribution is 7.47. The Kier molecular flexibility index (Phi) is 39.0. The van der Waals surface area contributed by atoms with Gasteiger partial charge in [0, 0.05) is 65.2 Å². The van der Waals surface area contributed by atoms with Gasteiger partial charge >= 0.3 is 43.6 Å². The summed E-state index contributed by atoms with van der Waals surface area (Å²) in [7, 11) is -4.83. The Balaban J connectivity index is 2.93. The van der Waals surface area contributed by atoms with Crippen molar-refractivity contribution in [3.8, 4) is 0 Å². The number of phosphoric ester groups is 1. The van der Waals surface area contributed by atoms with Gasteiger partial charge in [0.25, 0.3) is 0 Å². The van der Waals surface area contributed by atoms with E-state index in [1.54, 1.807) is 9.80 Å². The molecule has 0 spiro atoms. The fraction of sp³-hybridized carbons (Fsp3) is 0.878. The van der Waals surface area contributed by atoms with Gasteiger partial charge in [-0.1, -0.05) is 142 Å². The average Bonchev–Trinajstić information content (AvgIpc) is 3.30. The molecule has 21 nitrogen and oxygen atoms in total. The Morgan fingerprint density at radius 3 is 1.37 bits per heavy atom. The molecule has 0 aromatic heterocycles. The maximum absolute atomic E-state index is 13.1. The molecule has 1 aliphatic rings. The van der Waals surface area contributed by atoms with Gasteiger partial charge in [-0.25, -0.2) is 4.57 Å². The van der Waals surface area contributed by atoms with Crippen molar-refractivity contribution in [1.29, 1.82) is 0 Å². The Hall–Kier alpha value is -3.27. The van der Waals surface area contributed by atoms with Gasteiger partial charge in [-0.15, -0.1) is 0 Å². The normalized spacial score (nSPS) is 17.1. The van der Waals surface area contributed by atoms with Crippen LogP contribution >= 0.6 is 7.82 Å². The van der Waals surface area contributed by atoms with E-state index < -0.39 is 95.4 Å². The Morgan fingerprint density at radius 2 is 0.915 bits per heavy atom. The van der Waals surface area contributed by atoms with Crippen molar-refractivity contribution < 1.29 is 77.2 Å². The van der Waals surface area contributed by atoms with E-state index in [4.69, 9.17) is 18.5 Å². The highest BCUT2D eigenvalue weighted by Gasteiger charge is 2.29. The number of carbonyl (C=O) groups is 6. The first-order chi connectivity index (χ1) is 34.0. The van der Waals surface area contributed by atoms with Crippen LogP contribution in [0.15, 0.2) is 0 Å². The number of hydrogen-bond donors (Lipinski definition) is 6. The van der Waals surface area contributed by atoms with Crippen molar-refractivity contribution in [1.82, 2.24) is 24.9 Å². The number of aliphatic carboxylic acids is 4. The number of hydrogen-bond acceptors (Lipinski definition) is 16. The topological polar surface area (TPSA) is 283 Å². The maximum Gasteiger partial charge on any atom is 0.472 e. The van der Waals surface area contributed by atoms with Gasteiger partial charge < -0.3 is 34.8 Å². The number of nitrogens with zero attached hydrogens (tertiary/aromatic N) is 4. The molecule has 0 aliphatic carbocycles. The summed E-state index contributed by atoms with van der Waals surface area (Å²) in [4.78, 5) is 89.6. The molecule has 2 unspecified atom stereocenters. The van der Waals surface area contributed by atoms with E-state index in [9.17, 15) is 58.7 Å². The Bertz CT molecular complexity index is 1510. The number of rotatable bonds is 43. The van der Waals surface area contributed by atoms with Gasteiger partial charge in [-0.05, 0) is 12.8 Å². The summed E-state index contributed by atoms with van der Waals surface area (Å²) < 4.78 is 34.6. The molecular formula is C49H92N5O16P. The summed E-state index contributed by atoms with van der Waals surface area (Å²) in [6.07, 6.45) is 22.7. The molecular weight excluding hydrogens is 946 g/mol. The first-order valence-corrected chi connectivity index (χ1v) is 28.0. The fourth-order valence-corrected chi connectivity index (χ4v) is 9.10. The SMILES string of the molecule is CCCCCCCCCCCCCC(=O)OC[C@H](COP(=O)(O)OCCNC1CN(CC(=O)O)CCN(CC(=O)O)CCN(CC(=O)O)CCN1CC(=O)O)OC(=O)CCCCCCCCCCCCC. The predicted octanol–water partition coefficient (Wildman–Crippen LogP) is 6.45. The van der Waals surface area contributed by atoms with Crippen LogP contribution in [0.2, 0.25) is 0 Å². The molecule has 1 aliphatic heterocycles. The Morgan fingerprint density at radius 1 is 0.521 bits per heavy atom. The van der Waals surface area contributed by atoms with Crippen LogP contribution in [-0.2, 0) is 51.9 Å². The van der Waals surface area contributed by atoms with Crippen molar-refractivity contribution >= 4 is 43.6 Å². The van der Waals surface area contributed by atoms with Crippen molar-refractivity contribution in [2.75, 3.05) is 98.4 Å². The lowest BCUT2D eigenvalue weighted by molar-refractivity contribution is -0.161. The van der Waals surface area contributed by atoms with E-state index in [-0.39, 0.29) is 71.7 Å². The second kappa shape index (κ2) is 42.1. The minimum atomic E-state index is -4.83. The Labute approximate surface area is 423 Å². The van der Waals surface area contributed by atoms with Gasteiger partial charge in [-0.3, -0.25) is 62.7 Å². The lowest BCUT2D eigenvalue weighted by Gasteiger charge is -2.38. The van der Waals surface area contributed by atoms with Crippen molar-refractivity contribution in [3.05, 3.63) is 0 Å². The molecule has 0 aromatic rings. The smallest absolute Gasteiger partial charge is 0.472 e. The molecule has 3 atom stereocenters. The third-order valence-corrected chi connectivity index (χ3v) is 13.3. The molecule has 414 valence electrons. The van der Waals surface area contributed by atoms with Crippen molar-refractivity contribution in [2.24, 2.45) is 0 Å². The quantitative estimate of drug-likeness (QED) is 0.0217. The van der Waals surface area contributed by atoms with Crippen LogP contribution in [0.3, 0.4) is 0 Å². The first-order valence-electron chi connectivity index (χ1n) is 26.5. The van der Waals surface area contributed by atoms with E-state index in [2.05, 4.69) is 19.2 Å². The highest BCUT2D eigenvalue weighted by Crippen LogP contribution is 2.43. The van der Waals surface area contributed by atoms with Gasteiger partial charge in [0.2, 0.25) is 0 Å². The standard InChI is InChI=1S/C49H92N5O16P/c1-3-5-7-9-11-13-15-17-19-21-23-25-48(63)67-40-42(70-49(64)26-24-22-20-18-16-14-12-10-8-6-4-2)41-69-71(65,66)68-34-27-50-43-35-53(38-46(59)60)31-30-51(36-44(55)56)28-29-52(37-45(57)58)32-33-54(43)39-47(61)62/h42-43,50H,3-41H2,1-2H3,(H,55,56)(H,57,58)(H,59,60)(H,61,62)(H,65,66)/t42-,43?/m1/s1. The lowest BCUT2D eigenvalue weighted by atomic mass is 10.1. The third kappa shape index (κ3) is 38.9. The molecule has 0 amide bonds. The summed E-state index contributed by atoms with van der Waals surface area (Å²) in [6.45, 7) is 1.43. The number of esters is 2. The summed E-state index contributed by atoms with van der Waals surface area (Å²) in [5.41, 5.74) is 0. The number of carboxylic acid groups (broad SMARTS) is 4. The van der Waals surface area contributed by atoms with E-state index >= 15 is 0 Å². The third-order valence-electron chi connectivity index (χ3n) is 12.3. The van der Waals surface area contributed by atoms with E-state index in [0.29, 0.717) is 12.8 Å². The van der Waals surface area contributed by atoms with E-state index in [1.165, 1.54) is 93.3 Å². The van der Waals surface area contributed by atoms with Crippen LogP contribution in [0.4, 0.5) is 0 Å². The molecule has 1 heterocycles. The van der Waals surface area contributed by atoms with Gasteiger partial charge in [0.15, 0.2) is 6.10 Å². The van der Waals surface area contributed by atoms with Crippen LogP contribution < -0.4 is 5.32 Å². The molecule has 22 heteroatoms. The van der Waals surface area contributed by atoms with Crippen molar-refractivity contribution in [2.45, 2.75) is 180 Å². The first kappa shape index (κ1) is 65.7. The molecule has 1 rings (SSSR count). The van der Waals surface area contributed by atoms with Crippen LogP contribution in [0.5, 0.6) is 0 Å². The molecule has 0 aromatic carbocycles. The zero-order valence-electron chi connectivity index (χ0n) is 43.2. The number of phosphoric acid groups is 1. The van der Waals surface area contributed by atoms with Crippen LogP contribution in [-0.4, -0.2) is 191 Å². The molecule has 1 saturated heterocycles. The molecule has 0 radical (unpaired) electrons. The van der Waals surface area contributed by atoms with Crippen molar-refractivity contribution in [3.63, 3.8) is 0 Å². The van der Waals surface area contributed by atoms with E-state index in [1.807, 2.05) is 0 Å². The van der Waals surface area contributed by atoms with Gasteiger partial charge in [-0.2, -0.15) is 0 Å². The fourth-order valence-electron chi connectivity index (χ4n) is 8.34. The van der Waals surface area contributed by atoms with Crippen LogP contribution in [0.25, 0.3) is 0 Å². The monoisotopic (exact) mass is 1040 g/mol. The number of nitrogens with one attached hydrogen (secondary N) is 1. The zero-order valence-corrected chi connectivity index (χ0v) is 44.1. The minimum Gasteiger partial charge on any atom is -0.480 e. The summed E-state index contributed by atoms with van der Waals surface area (Å²) in [5.74, 6) is -5.71. The molecule has 0 saturated carbocycles. The second-order valence-electron chi connectivity index (χ2n) is 18.8. The molecule has 6 N–H and O–H groups in total. The summed E-state index contributed by atoms with van der Waals surface area (Å²) in [5, 5.41) is 41.6. The highest BCUT2D eigenvalue weighted by atomic mass is 31.2. The number of carboxylic acids is 4. The maximum atomic E-state index is 13.1. The lowest BCUT2D eigenvalue weighted by Crippen LogP contribution is -2.58. The molecule has 0 bridgehead atoms. The summed E-state index contributed by atoms with van der Waals surface area (Å²) >= 11 is 0. The number of ether oxygens (including phenoxy) is 2. The average molecular weight is 1040 g/mol. The largest absolute Gasteiger partial charge is 0.480 e. The van der Waals surface area contributed by atoms with Gasteiger partial charge in [0.1, 0.15) is 6.61 Å². The van der Waals surface area contributed by atoms with E-state index in [0.717, 1.165) is 44.9 Å². The molecule has 71 heavy (non-hydrogen) atoms. The zero-order chi connectivity index (χ0) is 52.5. The number of unbranched alkanes of at least 4 members (excludes halogenated alkanes) is 20. The van der Waals surface area contributed by atoms with Crippen LogP contribution in [0.1, 0.15) is 168 Å². The van der Waals surface area contributed by atoms with Gasteiger partial charge in [0.05, 0.1) is 45.6 Å². The second-order valence-corrected chi connectivity index (χ2v) is 20.2. The van der Waals surface area contributed by atoms with Crippen LogP contribution in [0, 0.1) is 0 Å². The molecule has 1 fully saturated rings. The minimum absolute atomic E-state index is 0.00277. The predicted molar refractivity (Wildman–Crippen MR) is 268 cm³/mol. The summed E-state index contributed by atoms with van der Waals surface area (Å²) in [6, 6.07) is 0.